The number of rotatable bonds is 6. The van der Waals surface area contributed by atoms with Crippen LogP contribution in [0.15, 0.2) is 24.3 Å². The summed E-state index contributed by atoms with van der Waals surface area (Å²) in [7, 11) is 0. The molecular formula is C17H28N2O. The number of nitrogens with one attached hydrogen (secondary N) is 1. The van der Waals surface area contributed by atoms with Gasteiger partial charge in [0.2, 0.25) is 0 Å². The third kappa shape index (κ3) is 3.74. The van der Waals surface area contributed by atoms with Crippen LogP contribution in [0.5, 0.6) is 5.75 Å². The topological polar surface area (TPSA) is 47.3 Å². The Hall–Kier alpha value is -1.06. The van der Waals surface area contributed by atoms with Gasteiger partial charge in [0.05, 0.1) is 6.61 Å². The summed E-state index contributed by atoms with van der Waals surface area (Å²) in [4.78, 5) is 0. The maximum absolute atomic E-state index is 5.84. The molecule has 2 rings (SSSR count). The molecule has 1 aliphatic carbocycles. The highest BCUT2D eigenvalue weighted by molar-refractivity contribution is 5.29. The Kier molecular flexibility index (Phi) is 5.86. The average Bonchev–Trinajstić information content (AvgIpc) is 2.50. The van der Waals surface area contributed by atoms with Gasteiger partial charge in [-0.2, -0.15) is 0 Å². The van der Waals surface area contributed by atoms with E-state index in [0.29, 0.717) is 12.5 Å². The highest BCUT2D eigenvalue weighted by Gasteiger charge is 2.28. The molecule has 0 saturated heterocycles. The standard InChI is InChI=1S/C17H28N2O/c1-3-13-6-5-7-15(12-13)17(19-18)14-8-10-16(11-9-14)20-4-2/h8-11,13,15,17,19H,3-7,12,18H2,1-2H3. The fourth-order valence-electron chi connectivity index (χ4n) is 3.45. The number of hydrogen-bond donors (Lipinski definition) is 2. The molecule has 0 heterocycles. The van der Waals surface area contributed by atoms with Crippen molar-refractivity contribution in [2.45, 2.75) is 52.0 Å². The van der Waals surface area contributed by atoms with Crippen molar-refractivity contribution in [2.75, 3.05) is 6.61 Å². The zero-order chi connectivity index (χ0) is 14.4. The first kappa shape index (κ1) is 15.3. The molecule has 0 aromatic heterocycles. The number of benzene rings is 1. The van der Waals surface area contributed by atoms with Gasteiger partial charge in [0.1, 0.15) is 5.75 Å². The third-order valence-electron chi connectivity index (χ3n) is 4.60. The molecule has 1 aliphatic rings. The molecule has 0 aliphatic heterocycles. The zero-order valence-electron chi connectivity index (χ0n) is 12.8. The second kappa shape index (κ2) is 7.65. The first-order chi connectivity index (χ1) is 9.78. The highest BCUT2D eigenvalue weighted by atomic mass is 16.5. The van der Waals surface area contributed by atoms with E-state index in [4.69, 9.17) is 10.6 Å². The molecule has 0 radical (unpaired) electrons. The zero-order valence-corrected chi connectivity index (χ0v) is 12.8. The van der Waals surface area contributed by atoms with Crippen LogP contribution in [-0.2, 0) is 0 Å². The molecule has 3 atom stereocenters. The molecule has 1 fully saturated rings. The predicted octanol–water partition coefficient (Wildman–Crippen LogP) is 3.81. The minimum atomic E-state index is 0.264. The smallest absolute Gasteiger partial charge is 0.119 e. The Morgan fingerprint density at radius 2 is 2.00 bits per heavy atom. The SMILES string of the molecule is CCOc1ccc(C(NN)C2CCCC(CC)C2)cc1. The second-order valence-electron chi connectivity index (χ2n) is 5.85. The first-order valence-corrected chi connectivity index (χ1v) is 7.97. The number of hydrazine groups is 1. The molecule has 0 spiro atoms. The van der Waals surface area contributed by atoms with E-state index in [0.717, 1.165) is 11.7 Å². The van der Waals surface area contributed by atoms with Crippen LogP contribution in [0.3, 0.4) is 0 Å². The van der Waals surface area contributed by atoms with Gasteiger partial charge in [0, 0.05) is 6.04 Å². The summed E-state index contributed by atoms with van der Waals surface area (Å²) >= 11 is 0. The van der Waals surface area contributed by atoms with E-state index in [2.05, 4.69) is 24.5 Å². The van der Waals surface area contributed by atoms with E-state index >= 15 is 0 Å². The van der Waals surface area contributed by atoms with Crippen molar-refractivity contribution in [1.29, 1.82) is 0 Å². The van der Waals surface area contributed by atoms with Gasteiger partial charge in [-0.15, -0.1) is 0 Å². The van der Waals surface area contributed by atoms with E-state index in [1.54, 1.807) is 0 Å². The summed E-state index contributed by atoms with van der Waals surface area (Å²) in [5.41, 5.74) is 4.32. The summed E-state index contributed by atoms with van der Waals surface area (Å²) in [5.74, 6) is 8.29. The Morgan fingerprint density at radius 3 is 2.60 bits per heavy atom. The lowest BCUT2D eigenvalue weighted by Crippen LogP contribution is -2.35. The van der Waals surface area contributed by atoms with Crippen molar-refractivity contribution in [2.24, 2.45) is 17.7 Å². The molecule has 3 heteroatoms. The summed E-state index contributed by atoms with van der Waals surface area (Å²) in [6, 6.07) is 8.64. The van der Waals surface area contributed by atoms with Gasteiger partial charge in [-0.25, -0.2) is 0 Å². The van der Waals surface area contributed by atoms with Crippen molar-refractivity contribution in [3.63, 3.8) is 0 Å². The maximum atomic E-state index is 5.84. The van der Waals surface area contributed by atoms with Crippen LogP contribution in [-0.4, -0.2) is 6.61 Å². The molecule has 3 nitrogen and oxygen atoms in total. The molecular weight excluding hydrogens is 248 g/mol. The van der Waals surface area contributed by atoms with Crippen LogP contribution in [0.25, 0.3) is 0 Å². The minimum Gasteiger partial charge on any atom is -0.494 e. The van der Waals surface area contributed by atoms with Crippen LogP contribution in [0.2, 0.25) is 0 Å². The Labute approximate surface area is 122 Å². The summed E-state index contributed by atoms with van der Waals surface area (Å²) < 4.78 is 5.50. The van der Waals surface area contributed by atoms with Gasteiger partial charge < -0.3 is 4.74 Å². The number of hydrogen-bond acceptors (Lipinski definition) is 3. The molecule has 112 valence electrons. The molecule has 0 amide bonds. The van der Waals surface area contributed by atoms with Crippen LogP contribution >= 0.6 is 0 Å². The van der Waals surface area contributed by atoms with E-state index in [1.165, 1.54) is 37.7 Å². The lowest BCUT2D eigenvalue weighted by molar-refractivity contribution is 0.210. The van der Waals surface area contributed by atoms with E-state index in [9.17, 15) is 0 Å². The first-order valence-electron chi connectivity index (χ1n) is 7.97. The van der Waals surface area contributed by atoms with Gasteiger partial charge in [-0.3, -0.25) is 11.3 Å². The van der Waals surface area contributed by atoms with Crippen LogP contribution in [0.1, 0.15) is 57.6 Å². The molecule has 20 heavy (non-hydrogen) atoms. The van der Waals surface area contributed by atoms with Crippen molar-refractivity contribution >= 4 is 0 Å². The maximum Gasteiger partial charge on any atom is 0.119 e. The van der Waals surface area contributed by atoms with Crippen LogP contribution in [0, 0.1) is 11.8 Å². The third-order valence-corrected chi connectivity index (χ3v) is 4.60. The fourth-order valence-corrected chi connectivity index (χ4v) is 3.45. The van der Waals surface area contributed by atoms with Crippen LogP contribution < -0.4 is 16.0 Å². The van der Waals surface area contributed by atoms with Crippen molar-refractivity contribution in [1.82, 2.24) is 5.43 Å². The molecule has 3 unspecified atom stereocenters. The van der Waals surface area contributed by atoms with E-state index < -0.39 is 0 Å². The van der Waals surface area contributed by atoms with Crippen LogP contribution in [0.4, 0.5) is 0 Å². The monoisotopic (exact) mass is 276 g/mol. The molecule has 1 saturated carbocycles. The van der Waals surface area contributed by atoms with Gasteiger partial charge >= 0.3 is 0 Å². The van der Waals surface area contributed by atoms with Gasteiger partial charge in [0.25, 0.3) is 0 Å². The van der Waals surface area contributed by atoms with Crippen molar-refractivity contribution in [3.8, 4) is 5.75 Å². The molecule has 1 aromatic rings. The molecule has 3 N–H and O–H groups in total. The van der Waals surface area contributed by atoms with E-state index in [-0.39, 0.29) is 6.04 Å². The van der Waals surface area contributed by atoms with Gasteiger partial charge in [-0.1, -0.05) is 38.3 Å². The average molecular weight is 276 g/mol. The van der Waals surface area contributed by atoms with Crippen molar-refractivity contribution < 1.29 is 4.74 Å². The number of nitrogens with two attached hydrogens (primary N) is 1. The van der Waals surface area contributed by atoms with Gasteiger partial charge in [-0.05, 0) is 49.3 Å². The normalized spacial score (nSPS) is 24.4. The second-order valence-corrected chi connectivity index (χ2v) is 5.85. The van der Waals surface area contributed by atoms with E-state index in [1.807, 2.05) is 19.1 Å². The fraction of sp³-hybridized carbons (Fsp3) is 0.647. The summed E-state index contributed by atoms with van der Waals surface area (Å²) in [6.45, 7) is 5.01. The van der Waals surface area contributed by atoms with Crippen molar-refractivity contribution in [3.05, 3.63) is 29.8 Å². The Balaban J connectivity index is 2.06. The Morgan fingerprint density at radius 1 is 1.25 bits per heavy atom. The largest absolute Gasteiger partial charge is 0.494 e. The lowest BCUT2D eigenvalue weighted by Gasteiger charge is -2.34. The quantitative estimate of drug-likeness (QED) is 0.613. The summed E-state index contributed by atoms with van der Waals surface area (Å²) in [5, 5.41) is 0. The summed E-state index contributed by atoms with van der Waals surface area (Å²) in [6.07, 6.45) is 6.57. The molecule has 0 bridgehead atoms. The predicted molar refractivity (Wildman–Crippen MR) is 83.4 cm³/mol. The highest BCUT2D eigenvalue weighted by Crippen LogP contribution is 2.38. The molecule has 1 aromatic carbocycles. The Bertz CT molecular complexity index is 390. The number of ether oxygens (including phenoxy) is 1. The minimum absolute atomic E-state index is 0.264. The van der Waals surface area contributed by atoms with Gasteiger partial charge in [0.15, 0.2) is 0 Å². The lowest BCUT2D eigenvalue weighted by atomic mass is 9.75.